The molecule has 0 aliphatic heterocycles. The van der Waals surface area contributed by atoms with E-state index in [4.69, 9.17) is 0 Å². The lowest BCUT2D eigenvalue weighted by molar-refractivity contribution is -0.0436. The molecule has 0 bridgehead atoms. The molecule has 2 aromatic carbocycles. The van der Waals surface area contributed by atoms with Gasteiger partial charge in [-0.2, -0.15) is 13.2 Å². The minimum atomic E-state index is -5.60. The van der Waals surface area contributed by atoms with Gasteiger partial charge in [-0.15, -0.1) is 11.8 Å². The van der Waals surface area contributed by atoms with Crippen LogP contribution in [0.15, 0.2) is 56.7 Å². The normalized spacial score (nSPS) is 12.2. The highest BCUT2D eigenvalue weighted by molar-refractivity contribution is 9.10. The monoisotopic (exact) mass is 454 g/mol. The second-order valence-corrected chi connectivity index (χ2v) is 8.70. The molecule has 0 amide bonds. The number of thioether (sulfide) groups is 1. The summed E-state index contributed by atoms with van der Waals surface area (Å²) in [5.74, 6) is -1.13. The van der Waals surface area contributed by atoms with Gasteiger partial charge in [0.15, 0.2) is 0 Å². The highest BCUT2D eigenvalue weighted by atomic mass is 79.9. The summed E-state index contributed by atoms with van der Waals surface area (Å²) in [6.45, 7) is 0. The fourth-order valence-corrected chi connectivity index (χ4v) is 3.88. The molecule has 0 saturated carbocycles. The maximum atomic E-state index is 12.6. The van der Waals surface area contributed by atoms with Crippen molar-refractivity contribution >= 4 is 43.5 Å². The van der Waals surface area contributed by atoms with Gasteiger partial charge >= 0.3 is 11.5 Å². The van der Waals surface area contributed by atoms with Crippen molar-refractivity contribution in [3.8, 4) is 0 Å². The average Bonchev–Trinajstić information content (AvgIpc) is 2.53. The number of alkyl halides is 3. The van der Waals surface area contributed by atoms with Crippen LogP contribution in [-0.4, -0.2) is 25.0 Å². The quantitative estimate of drug-likeness (QED) is 0.660. The van der Waals surface area contributed by atoms with Gasteiger partial charge in [-0.25, -0.2) is 13.2 Å². The number of carbonyl (C=O) groups is 1. The van der Waals surface area contributed by atoms with Crippen molar-refractivity contribution in [2.24, 2.45) is 0 Å². The summed E-state index contributed by atoms with van der Waals surface area (Å²) >= 11 is 4.37. The molecule has 10 heteroatoms. The van der Waals surface area contributed by atoms with Crippen molar-refractivity contribution in [1.82, 2.24) is 0 Å². The lowest BCUT2D eigenvalue weighted by atomic mass is 10.2. The maximum Gasteiger partial charge on any atom is 0.501 e. The van der Waals surface area contributed by atoms with Crippen molar-refractivity contribution in [2.45, 2.75) is 21.1 Å². The molecule has 0 heterocycles. The van der Waals surface area contributed by atoms with E-state index >= 15 is 0 Å². The first-order valence-corrected chi connectivity index (χ1v) is 9.84. The number of benzene rings is 2. The molecule has 0 fully saturated rings. The topological polar surface area (TPSA) is 71.4 Å². The maximum absolute atomic E-state index is 12.6. The Labute approximate surface area is 154 Å². The van der Waals surface area contributed by atoms with E-state index in [1.807, 2.05) is 0 Å². The Bertz CT molecular complexity index is 894. The van der Waals surface area contributed by atoms with E-state index in [9.17, 15) is 31.5 Å². The molecule has 4 nitrogen and oxygen atoms in total. The summed E-state index contributed by atoms with van der Waals surface area (Å²) in [5, 5.41) is 9.20. The van der Waals surface area contributed by atoms with Crippen LogP contribution in [0.1, 0.15) is 15.9 Å². The summed E-state index contributed by atoms with van der Waals surface area (Å²) in [6.07, 6.45) is 0. The van der Waals surface area contributed by atoms with Gasteiger partial charge < -0.3 is 5.11 Å². The summed E-state index contributed by atoms with van der Waals surface area (Å²) in [6, 6.07) is 9.58. The number of sulfone groups is 1. The van der Waals surface area contributed by atoms with E-state index in [2.05, 4.69) is 15.9 Å². The molecule has 2 rings (SSSR count). The number of hydrogen-bond donors (Lipinski definition) is 1. The van der Waals surface area contributed by atoms with E-state index in [0.29, 0.717) is 11.8 Å². The summed E-state index contributed by atoms with van der Waals surface area (Å²) in [4.78, 5) is 10.4. The van der Waals surface area contributed by atoms with E-state index < -0.39 is 31.8 Å². The molecule has 0 radical (unpaired) electrons. The Hall–Kier alpha value is -1.52. The van der Waals surface area contributed by atoms with Gasteiger partial charge in [0.2, 0.25) is 0 Å². The standard InChI is InChI=1S/C15H10BrF3O4S2/c16-10-3-1-9(2-4-10)8-24-13-6-5-11(7-12(13)14(20)21)25(22,23)15(17,18)19/h1-7H,8H2,(H,20,21). The minimum absolute atomic E-state index is 0.177. The van der Waals surface area contributed by atoms with Gasteiger partial charge in [0, 0.05) is 15.1 Å². The van der Waals surface area contributed by atoms with E-state index in [1.165, 1.54) is 0 Å². The fourth-order valence-electron chi connectivity index (χ4n) is 1.84. The second kappa shape index (κ2) is 7.38. The van der Waals surface area contributed by atoms with Gasteiger partial charge in [0.1, 0.15) is 0 Å². The molecule has 0 aliphatic rings. The third kappa shape index (κ3) is 4.56. The molecule has 0 atom stereocenters. The zero-order valence-electron chi connectivity index (χ0n) is 12.2. The summed E-state index contributed by atoms with van der Waals surface area (Å²) in [5.41, 5.74) is -5.11. The molecular weight excluding hydrogens is 445 g/mol. The van der Waals surface area contributed by atoms with Crippen LogP contribution in [-0.2, 0) is 15.6 Å². The lowest BCUT2D eigenvalue weighted by Crippen LogP contribution is -2.23. The number of carboxylic acids is 1. The molecule has 0 saturated heterocycles. The van der Waals surface area contributed by atoms with E-state index in [1.54, 1.807) is 24.3 Å². The Morgan fingerprint density at radius 3 is 2.24 bits per heavy atom. The largest absolute Gasteiger partial charge is 0.501 e. The van der Waals surface area contributed by atoms with Crippen molar-refractivity contribution in [2.75, 3.05) is 0 Å². The Balaban J connectivity index is 2.34. The Morgan fingerprint density at radius 1 is 1.12 bits per heavy atom. The first-order chi connectivity index (χ1) is 11.5. The van der Waals surface area contributed by atoms with Crippen LogP contribution in [0.2, 0.25) is 0 Å². The predicted octanol–water partition coefficient (Wildman–Crippen LogP) is 4.73. The van der Waals surface area contributed by atoms with Crippen LogP contribution in [0.3, 0.4) is 0 Å². The third-order valence-corrected chi connectivity index (χ3v) is 6.26. The zero-order valence-corrected chi connectivity index (χ0v) is 15.5. The smallest absolute Gasteiger partial charge is 0.478 e. The average molecular weight is 455 g/mol. The van der Waals surface area contributed by atoms with Crippen molar-refractivity contribution in [3.05, 3.63) is 58.1 Å². The van der Waals surface area contributed by atoms with Crippen LogP contribution in [0.4, 0.5) is 13.2 Å². The molecule has 25 heavy (non-hydrogen) atoms. The van der Waals surface area contributed by atoms with Crippen LogP contribution in [0, 0.1) is 0 Å². The summed E-state index contributed by atoms with van der Waals surface area (Å²) in [7, 11) is -5.60. The Morgan fingerprint density at radius 2 is 1.72 bits per heavy atom. The predicted molar refractivity (Wildman–Crippen MR) is 90.3 cm³/mol. The molecule has 0 aromatic heterocycles. The zero-order chi connectivity index (χ0) is 18.8. The molecule has 2 aromatic rings. The number of carboxylic acid groups (broad SMARTS) is 1. The molecule has 0 aliphatic carbocycles. The number of aromatic carboxylic acids is 1. The first kappa shape index (κ1) is 19.8. The number of hydrogen-bond acceptors (Lipinski definition) is 4. The number of rotatable bonds is 5. The SMILES string of the molecule is O=C(O)c1cc(S(=O)(=O)C(F)(F)F)ccc1SCc1ccc(Br)cc1. The minimum Gasteiger partial charge on any atom is -0.478 e. The van der Waals surface area contributed by atoms with Crippen LogP contribution >= 0.6 is 27.7 Å². The van der Waals surface area contributed by atoms with Crippen LogP contribution in [0.5, 0.6) is 0 Å². The summed E-state index contributed by atoms with van der Waals surface area (Å²) < 4.78 is 61.5. The molecule has 1 N–H and O–H groups in total. The second-order valence-electron chi connectivity index (χ2n) is 4.83. The van der Waals surface area contributed by atoms with Gasteiger partial charge in [0.05, 0.1) is 10.5 Å². The fraction of sp³-hybridized carbons (Fsp3) is 0.133. The highest BCUT2D eigenvalue weighted by Gasteiger charge is 2.47. The number of halogens is 4. The molecule has 0 spiro atoms. The van der Waals surface area contributed by atoms with E-state index in [0.717, 1.165) is 33.9 Å². The van der Waals surface area contributed by atoms with Crippen LogP contribution in [0.25, 0.3) is 0 Å². The van der Waals surface area contributed by atoms with Crippen LogP contribution < -0.4 is 0 Å². The van der Waals surface area contributed by atoms with Crippen molar-refractivity contribution < 1.29 is 31.5 Å². The Kier molecular flexibility index (Phi) is 5.85. The molecule has 0 unspecified atom stereocenters. The van der Waals surface area contributed by atoms with Gasteiger partial charge in [-0.3, -0.25) is 0 Å². The lowest BCUT2D eigenvalue weighted by Gasteiger charge is -2.11. The highest BCUT2D eigenvalue weighted by Crippen LogP contribution is 2.34. The van der Waals surface area contributed by atoms with E-state index in [-0.39, 0.29) is 4.90 Å². The van der Waals surface area contributed by atoms with Gasteiger partial charge in [-0.05, 0) is 35.9 Å². The van der Waals surface area contributed by atoms with Gasteiger partial charge in [-0.1, -0.05) is 28.1 Å². The molecular formula is C15H10BrF3O4S2. The van der Waals surface area contributed by atoms with Crippen molar-refractivity contribution in [3.63, 3.8) is 0 Å². The van der Waals surface area contributed by atoms with Gasteiger partial charge in [0.25, 0.3) is 9.84 Å². The van der Waals surface area contributed by atoms with Crippen molar-refractivity contribution in [1.29, 1.82) is 0 Å². The molecule has 134 valence electrons. The third-order valence-electron chi connectivity index (χ3n) is 3.10. The first-order valence-electron chi connectivity index (χ1n) is 6.58.